The van der Waals surface area contributed by atoms with E-state index in [2.05, 4.69) is 15.6 Å². The Hall–Kier alpha value is -1.55. The van der Waals surface area contributed by atoms with Crippen molar-refractivity contribution in [2.45, 2.75) is 0 Å². The van der Waals surface area contributed by atoms with Gasteiger partial charge in [0, 0.05) is 18.8 Å². The van der Waals surface area contributed by atoms with Crippen LogP contribution >= 0.6 is 23.5 Å². The Labute approximate surface area is 123 Å². The molecule has 0 saturated carbocycles. The predicted molar refractivity (Wildman–Crippen MR) is 75.5 cm³/mol. The molecular formula is C10H12N4O4S2. The van der Waals surface area contributed by atoms with Crippen LogP contribution in [0.2, 0.25) is 0 Å². The number of rotatable bonds is 3. The molecule has 8 nitrogen and oxygen atoms in total. The Kier molecular flexibility index (Phi) is 5.01. The van der Waals surface area contributed by atoms with Crippen LogP contribution in [0.5, 0.6) is 0 Å². The third kappa shape index (κ3) is 3.73. The molecule has 4 amide bonds. The second kappa shape index (κ2) is 6.75. The third-order valence-corrected chi connectivity index (χ3v) is 4.22. The van der Waals surface area contributed by atoms with Gasteiger partial charge in [0.2, 0.25) is 5.91 Å². The van der Waals surface area contributed by atoms with E-state index in [1.165, 1.54) is 11.8 Å². The highest BCUT2D eigenvalue weighted by Crippen LogP contribution is 2.17. The fraction of sp³-hybridized carbons (Fsp3) is 0.500. The number of carbonyl (C=O) groups excluding carboxylic acids is 4. The number of carbonyl (C=O) groups is 4. The maximum Gasteiger partial charge on any atom is 0.315 e. The number of hydrogen-bond acceptors (Lipinski definition) is 7. The quantitative estimate of drug-likeness (QED) is 0.648. The summed E-state index contributed by atoms with van der Waals surface area (Å²) in [5.74, 6) is -0.979. The molecule has 2 rings (SSSR count). The van der Waals surface area contributed by atoms with Crippen molar-refractivity contribution in [2.75, 3.05) is 31.1 Å². The molecule has 108 valence electrons. The standard InChI is InChI=1S/C10H12N4O4S2/c15-6-5-20-10(18)14(6)3-1-11-7(16)8(17)13-9-12-2-4-19-9/h1-5H2,(H,11,16)(H,12,13,17). The van der Waals surface area contributed by atoms with Gasteiger partial charge in [0.25, 0.3) is 5.24 Å². The lowest BCUT2D eigenvalue weighted by Gasteiger charge is -2.12. The van der Waals surface area contributed by atoms with Gasteiger partial charge < -0.3 is 5.32 Å². The zero-order chi connectivity index (χ0) is 14.5. The molecule has 0 aliphatic carbocycles. The van der Waals surface area contributed by atoms with Gasteiger partial charge in [-0.2, -0.15) is 0 Å². The topological polar surface area (TPSA) is 108 Å². The summed E-state index contributed by atoms with van der Waals surface area (Å²) in [6.07, 6.45) is 0. The molecule has 1 fully saturated rings. The monoisotopic (exact) mass is 316 g/mol. The summed E-state index contributed by atoms with van der Waals surface area (Å²) in [6.45, 7) is 0.738. The first kappa shape index (κ1) is 14.9. The van der Waals surface area contributed by atoms with Gasteiger partial charge in [0.1, 0.15) is 0 Å². The fourth-order valence-electron chi connectivity index (χ4n) is 1.52. The Bertz CT molecular complexity index is 478. The largest absolute Gasteiger partial charge is 0.346 e. The van der Waals surface area contributed by atoms with Gasteiger partial charge in [-0.15, -0.1) is 0 Å². The number of amidine groups is 1. The number of hydrogen-bond donors (Lipinski definition) is 2. The molecule has 20 heavy (non-hydrogen) atoms. The minimum atomic E-state index is -0.813. The molecule has 0 radical (unpaired) electrons. The first-order valence-corrected chi connectivity index (χ1v) is 7.78. The van der Waals surface area contributed by atoms with Crippen LogP contribution in [0.1, 0.15) is 0 Å². The number of imide groups is 1. The highest BCUT2D eigenvalue weighted by Gasteiger charge is 2.29. The second-order valence-electron chi connectivity index (χ2n) is 3.85. The van der Waals surface area contributed by atoms with Crippen LogP contribution < -0.4 is 10.6 Å². The van der Waals surface area contributed by atoms with Crippen molar-refractivity contribution in [2.24, 2.45) is 4.99 Å². The van der Waals surface area contributed by atoms with Crippen molar-refractivity contribution >= 4 is 51.7 Å². The maximum absolute atomic E-state index is 11.5. The molecule has 2 aliphatic heterocycles. The molecule has 0 aromatic heterocycles. The van der Waals surface area contributed by atoms with Gasteiger partial charge in [0.05, 0.1) is 12.3 Å². The summed E-state index contributed by atoms with van der Waals surface area (Å²) >= 11 is 2.30. The van der Waals surface area contributed by atoms with Crippen molar-refractivity contribution in [1.29, 1.82) is 0 Å². The molecule has 0 spiro atoms. The summed E-state index contributed by atoms with van der Waals surface area (Å²) in [7, 11) is 0. The zero-order valence-electron chi connectivity index (χ0n) is 10.4. The molecular weight excluding hydrogens is 304 g/mol. The summed E-state index contributed by atoms with van der Waals surface area (Å²) in [5.41, 5.74) is 0. The van der Waals surface area contributed by atoms with Crippen LogP contribution in [-0.2, 0) is 14.4 Å². The summed E-state index contributed by atoms with van der Waals surface area (Å²) in [4.78, 5) is 50.6. The van der Waals surface area contributed by atoms with E-state index in [4.69, 9.17) is 0 Å². The van der Waals surface area contributed by atoms with E-state index >= 15 is 0 Å². The first-order chi connectivity index (χ1) is 9.58. The van der Waals surface area contributed by atoms with E-state index in [0.29, 0.717) is 11.7 Å². The molecule has 0 bridgehead atoms. The summed E-state index contributed by atoms with van der Waals surface area (Å²) in [6, 6.07) is 0. The van der Waals surface area contributed by atoms with Gasteiger partial charge in [0.15, 0.2) is 5.17 Å². The van der Waals surface area contributed by atoms with Crippen molar-refractivity contribution in [3.63, 3.8) is 0 Å². The lowest BCUT2D eigenvalue weighted by Crippen LogP contribution is -2.44. The normalized spacial score (nSPS) is 18.2. The molecule has 0 aromatic carbocycles. The summed E-state index contributed by atoms with van der Waals surface area (Å²) < 4.78 is 0. The molecule has 0 aromatic rings. The van der Waals surface area contributed by atoms with E-state index in [0.717, 1.165) is 22.4 Å². The van der Waals surface area contributed by atoms with Crippen molar-refractivity contribution < 1.29 is 19.2 Å². The van der Waals surface area contributed by atoms with E-state index in [1.807, 2.05) is 0 Å². The van der Waals surface area contributed by atoms with Crippen molar-refractivity contribution in [3.8, 4) is 0 Å². The Morgan fingerprint density at radius 1 is 1.25 bits per heavy atom. The molecule has 0 atom stereocenters. The predicted octanol–water partition coefficient (Wildman–Crippen LogP) is -0.983. The van der Waals surface area contributed by atoms with Gasteiger partial charge >= 0.3 is 11.8 Å². The van der Waals surface area contributed by atoms with Gasteiger partial charge in [-0.05, 0) is 0 Å². The van der Waals surface area contributed by atoms with Gasteiger partial charge in [-0.3, -0.25) is 34.4 Å². The molecule has 2 aliphatic rings. The average molecular weight is 316 g/mol. The van der Waals surface area contributed by atoms with E-state index in [-0.39, 0.29) is 30.0 Å². The van der Waals surface area contributed by atoms with Crippen LogP contribution in [-0.4, -0.2) is 64.2 Å². The van der Waals surface area contributed by atoms with Gasteiger partial charge in [-0.25, -0.2) is 0 Å². The lowest BCUT2D eigenvalue weighted by molar-refractivity contribution is -0.138. The van der Waals surface area contributed by atoms with Crippen LogP contribution in [0.3, 0.4) is 0 Å². The maximum atomic E-state index is 11.5. The highest BCUT2D eigenvalue weighted by molar-refractivity contribution is 8.14. The van der Waals surface area contributed by atoms with Crippen LogP contribution in [0.15, 0.2) is 4.99 Å². The zero-order valence-corrected chi connectivity index (χ0v) is 12.0. The minimum absolute atomic E-state index is 0.0455. The highest BCUT2D eigenvalue weighted by atomic mass is 32.2. The number of thioether (sulfide) groups is 2. The third-order valence-electron chi connectivity index (χ3n) is 2.47. The number of nitrogens with zero attached hydrogens (tertiary/aromatic N) is 2. The number of aliphatic imine (C=N–C) groups is 1. The lowest BCUT2D eigenvalue weighted by atomic mass is 10.4. The van der Waals surface area contributed by atoms with Crippen molar-refractivity contribution in [1.82, 2.24) is 15.5 Å². The van der Waals surface area contributed by atoms with Crippen molar-refractivity contribution in [3.05, 3.63) is 0 Å². The van der Waals surface area contributed by atoms with Crippen LogP contribution in [0.4, 0.5) is 4.79 Å². The molecule has 10 heteroatoms. The smallest absolute Gasteiger partial charge is 0.315 e. The average Bonchev–Trinajstić information content (AvgIpc) is 3.02. The summed E-state index contributed by atoms with van der Waals surface area (Å²) in [5, 5.41) is 4.85. The Morgan fingerprint density at radius 3 is 2.65 bits per heavy atom. The fourth-order valence-corrected chi connectivity index (χ4v) is 3.00. The second-order valence-corrected chi connectivity index (χ2v) is 5.86. The van der Waals surface area contributed by atoms with Crippen LogP contribution in [0.25, 0.3) is 0 Å². The number of nitrogens with one attached hydrogen (secondary N) is 2. The van der Waals surface area contributed by atoms with Gasteiger partial charge in [-0.1, -0.05) is 23.5 Å². The minimum Gasteiger partial charge on any atom is -0.346 e. The van der Waals surface area contributed by atoms with E-state index in [9.17, 15) is 19.2 Å². The van der Waals surface area contributed by atoms with E-state index in [1.54, 1.807) is 0 Å². The molecule has 2 N–H and O–H groups in total. The Balaban J connectivity index is 1.70. The first-order valence-electron chi connectivity index (χ1n) is 5.81. The van der Waals surface area contributed by atoms with Crippen LogP contribution in [0, 0.1) is 0 Å². The number of amides is 4. The molecule has 1 saturated heterocycles. The SMILES string of the molecule is O=C(NCCN1C(=O)CSC1=O)C(=O)NC1=NCCS1. The molecule has 0 unspecified atom stereocenters. The Morgan fingerprint density at radius 2 is 2.05 bits per heavy atom. The van der Waals surface area contributed by atoms with E-state index < -0.39 is 11.8 Å². The molecule has 2 heterocycles.